The highest BCUT2D eigenvalue weighted by molar-refractivity contribution is 5.47. The lowest BCUT2D eigenvalue weighted by Crippen LogP contribution is -2.23. The van der Waals surface area contributed by atoms with Crippen molar-refractivity contribution >= 4 is 5.69 Å². The van der Waals surface area contributed by atoms with Gasteiger partial charge in [-0.25, -0.2) is 0 Å². The Morgan fingerprint density at radius 3 is 2.24 bits per heavy atom. The fraction of sp³-hybridized carbons (Fsp3) is 0.571. The molecule has 17 heavy (non-hydrogen) atoms. The Morgan fingerprint density at radius 2 is 1.76 bits per heavy atom. The van der Waals surface area contributed by atoms with Crippen LogP contribution in [0.3, 0.4) is 0 Å². The first kappa shape index (κ1) is 14.0. The predicted octanol–water partition coefficient (Wildman–Crippen LogP) is 2.57. The zero-order chi connectivity index (χ0) is 12.8. The average molecular weight is 236 g/mol. The maximum Gasteiger partial charge on any atom is 0.0644 e. The van der Waals surface area contributed by atoms with Crippen molar-refractivity contribution in [1.29, 1.82) is 0 Å². The molecule has 0 fully saturated rings. The molecule has 0 aromatic heterocycles. The molecule has 3 nitrogen and oxygen atoms in total. The molecule has 0 spiro atoms. The summed E-state index contributed by atoms with van der Waals surface area (Å²) in [7, 11) is 2.07. The number of rotatable bonds is 6. The van der Waals surface area contributed by atoms with Crippen LogP contribution in [0.5, 0.6) is 0 Å². The topological polar surface area (TPSA) is 38.5 Å². The van der Waals surface area contributed by atoms with Gasteiger partial charge in [0.1, 0.15) is 0 Å². The van der Waals surface area contributed by atoms with Crippen LogP contribution in [0.25, 0.3) is 0 Å². The molecule has 0 saturated heterocycles. The lowest BCUT2D eigenvalue weighted by molar-refractivity contribution is 0.0846. The highest BCUT2D eigenvalue weighted by Crippen LogP contribution is 2.16. The van der Waals surface area contributed by atoms with Crippen LogP contribution in [0.15, 0.2) is 24.3 Å². The van der Waals surface area contributed by atoms with Gasteiger partial charge in [-0.05, 0) is 38.5 Å². The molecular weight excluding hydrogens is 212 g/mol. The Labute approximate surface area is 105 Å². The van der Waals surface area contributed by atoms with E-state index in [1.54, 1.807) is 0 Å². The van der Waals surface area contributed by atoms with E-state index in [9.17, 15) is 0 Å². The number of nitrogens with two attached hydrogens (primary N) is 1. The second kappa shape index (κ2) is 6.62. The molecule has 0 heterocycles. The van der Waals surface area contributed by atoms with Crippen LogP contribution >= 0.6 is 0 Å². The number of nitrogens with zero attached hydrogens (tertiary/aromatic N) is 1. The third-order valence-electron chi connectivity index (χ3n) is 2.74. The number of hydrogen-bond acceptors (Lipinski definition) is 3. The maximum atomic E-state index is 5.82. The van der Waals surface area contributed by atoms with Crippen molar-refractivity contribution < 1.29 is 4.74 Å². The third kappa shape index (κ3) is 4.75. The minimum Gasteiger partial charge on any atom is -0.377 e. The fourth-order valence-corrected chi connectivity index (χ4v) is 1.59. The molecule has 1 aromatic rings. The van der Waals surface area contributed by atoms with Crippen molar-refractivity contribution in [1.82, 2.24) is 0 Å². The summed E-state index contributed by atoms with van der Waals surface area (Å²) in [5.41, 5.74) is 8.18. The summed E-state index contributed by atoms with van der Waals surface area (Å²) in [6, 6.07) is 8.47. The monoisotopic (exact) mass is 236 g/mol. The Hall–Kier alpha value is -1.06. The van der Waals surface area contributed by atoms with Crippen molar-refractivity contribution in [3.05, 3.63) is 29.8 Å². The first-order valence-electron chi connectivity index (χ1n) is 6.19. The number of likely N-dealkylation sites (N-methyl/N-ethyl adjacent to an activating group) is 1. The summed E-state index contributed by atoms with van der Waals surface area (Å²) in [5.74, 6) is 0. The molecule has 1 atom stereocenters. The Balaban J connectivity index is 2.48. The van der Waals surface area contributed by atoms with Gasteiger partial charge in [0.05, 0.1) is 12.7 Å². The summed E-state index contributed by atoms with van der Waals surface area (Å²) in [5, 5.41) is 0. The van der Waals surface area contributed by atoms with Gasteiger partial charge >= 0.3 is 0 Å². The number of ether oxygens (including phenoxy) is 1. The molecule has 0 radical (unpaired) electrons. The van der Waals surface area contributed by atoms with Crippen molar-refractivity contribution in [3.63, 3.8) is 0 Å². The standard InChI is InChI=1S/C14H24N2O/c1-11(2)17-10-9-16(4)14-7-5-13(6-8-14)12(3)15/h5-8,11-12H,9-10,15H2,1-4H3. The van der Waals surface area contributed by atoms with Gasteiger partial charge in [0.15, 0.2) is 0 Å². The molecule has 0 aliphatic rings. The minimum atomic E-state index is 0.0960. The summed E-state index contributed by atoms with van der Waals surface area (Å²) in [6.45, 7) is 7.75. The molecule has 2 N–H and O–H groups in total. The molecule has 0 bridgehead atoms. The predicted molar refractivity (Wildman–Crippen MR) is 73.4 cm³/mol. The second-order valence-corrected chi connectivity index (χ2v) is 4.72. The van der Waals surface area contributed by atoms with Gasteiger partial charge in [-0.15, -0.1) is 0 Å². The molecule has 1 rings (SSSR count). The minimum absolute atomic E-state index is 0.0960. The van der Waals surface area contributed by atoms with E-state index in [0.29, 0.717) is 6.10 Å². The van der Waals surface area contributed by atoms with Gasteiger partial charge in [-0.2, -0.15) is 0 Å². The van der Waals surface area contributed by atoms with Crippen LogP contribution in [0, 0.1) is 0 Å². The maximum absolute atomic E-state index is 5.82. The van der Waals surface area contributed by atoms with E-state index in [0.717, 1.165) is 13.2 Å². The summed E-state index contributed by atoms with van der Waals surface area (Å²) in [6.07, 6.45) is 0.295. The Kier molecular flexibility index (Phi) is 5.45. The zero-order valence-corrected chi connectivity index (χ0v) is 11.3. The largest absolute Gasteiger partial charge is 0.377 e. The molecule has 0 aliphatic heterocycles. The van der Waals surface area contributed by atoms with Gasteiger partial charge in [-0.1, -0.05) is 12.1 Å². The normalized spacial score (nSPS) is 12.8. The highest BCUT2D eigenvalue weighted by Gasteiger charge is 2.03. The quantitative estimate of drug-likeness (QED) is 0.825. The van der Waals surface area contributed by atoms with Gasteiger partial charge in [-0.3, -0.25) is 0 Å². The molecule has 96 valence electrons. The summed E-state index contributed by atoms with van der Waals surface area (Å²) in [4.78, 5) is 2.19. The average Bonchev–Trinajstić information content (AvgIpc) is 2.28. The van der Waals surface area contributed by atoms with Crippen LogP contribution < -0.4 is 10.6 Å². The van der Waals surface area contributed by atoms with Crippen LogP contribution in [0.1, 0.15) is 32.4 Å². The Morgan fingerprint density at radius 1 is 1.18 bits per heavy atom. The first-order chi connectivity index (χ1) is 8.00. The first-order valence-corrected chi connectivity index (χ1v) is 6.19. The molecule has 0 aliphatic carbocycles. The van der Waals surface area contributed by atoms with E-state index in [4.69, 9.17) is 10.5 Å². The second-order valence-electron chi connectivity index (χ2n) is 4.72. The smallest absolute Gasteiger partial charge is 0.0644 e. The lowest BCUT2D eigenvalue weighted by atomic mass is 10.1. The van der Waals surface area contributed by atoms with Crippen molar-refractivity contribution in [2.24, 2.45) is 5.73 Å². The van der Waals surface area contributed by atoms with E-state index in [-0.39, 0.29) is 6.04 Å². The highest BCUT2D eigenvalue weighted by atomic mass is 16.5. The van der Waals surface area contributed by atoms with Crippen LogP contribution in [-0.4, -0.2) is 26.3 Å². The summed E-state index contributed by atoms with van der Waals surface area (Å²) < 4.78 is 5.53. The van der Waals surface area contributed by atoms with E-state index in [1.807, 2.05) is 6.92 Å². The molecule has 1 aromatic carbocycles. The summed E-state index contributed by atoms with van der Waals surface area (Å²) >= 11 is 0. The zero-order valence-electron chi connectivity index (χ0n) is 11.3. The third-order valence-corrected chi connectivity index (χ3v) is 2.74. The van der Waals surface area contributed by atoms with Gasteiger partial charge in [0.2, 0.25) is 0 Å². The van der Waals surface area contributed by atoms with Crippen molar-refractivity contribution in [2.45, 2.75) is 32.9 Å². The van der Waals surface area contributed by atoms with Crippen LogP contribution in [0.4, 0.5) is 5.69 Å². The SMILES string of the molecule is CC(C)OCCN(C)c1ccc(C(C)N)cc1. The molecule has 3 heteroatoms. The number of benzene rings is 1. The number of hydrogen-bond donors (Lipinski definition) is 1. The van der Waals surface area contributed by atoms with Crippen LogP contribution in [-0.2, 0) is 4.74 Å². The van der Waals surface area contributed by atoms with E-state index >= 15 is 0 Å². The van der Waals surface area contributed by atoms with E-state index < -0.39 is 0 Å². The van der Waals surface area contributed by atoms with E-state index in [1.165, 1.54) is 11.3 Å². The number of anilines is 1. The lowest BCUT2D eigenvalue weighted by Gasteiger charge is -2.20. The van der Waals surface area contributed by atoms with Gasteiger partial charge in [0, 0.05) is 25.3 Å². The van der Waals surface area contributed by atoms with Crippen molar-refractivity contribution in [3.8, 4) is 0 Å². The van der Waals surface area contributed by atoms with Gasteiger partial charge < -0.3 is 15.4 Å². The molecule has 0 saturated carbocycles. The van der Waals surface area contributed by atoms with E-state index in [2.05, 4.69) is 50.1 Å². The molecular formula is C14H24N2O. The van der Waals surface area contributed by atoms with Crippen LogP contribution in [0.2, 0.25) is 0 Å². The molecule has 1 unspecified atom stereocenters. The fourth-order valence-electron chi connectivity index (χ4n) is 1.59. The Bertz CT molecular complexity index is 319. The van der Waals surface area contributed by atoms with Crippen molar-refractivity contribution in [2.75, 3.05) is 25.1 Å². The van der Waals surface area contributed by atoms with Gasteiger partial charge in [0.25, 0.3) is 0 Å². The molecule has 0 amide bonds.